The summed E-state index contributed by atoms with van der Waals surface area (Å²) in [6.07, 6.45) is 0.285. The minimum Gasteiger partial charge on any atom is -0.363 e. The smallest absolute Gasteiger partial charge is 0.121 e. The summed E-state index contributed by atoms with van der Waals surface area (Å²) in [5.74, 6) is 0.564. The lowest BCUT2D eigenvalue weighted by Crippen LogP contribution is -2.13. The molecular weight excluding hydrogens is 124 g/mol. The van der Waals surface area contributed by atoms with Crippen LogP contribution in [0.5, 0.6) is 0 Å². The highest BCUT2D eigenvalue weighted by Crippen LogP contribution is 2.04. The van der Waals surface area contributed by atoms with E-state index in [4.69, 9.17) is 16.3 Å². The molecular formula is C6H13ClO. The van der Waals surface area contributed by atoms with E-state index in [2.05, 4.69) is 13.8 Å². The van der Waals surface area contributed by atoms with Gasteiger partial charge in [-0.1, -0.05) is 25.4 Å². The Labute approximate surface area is 56.0 Å². The Hall–Kier alpha value is 0.250. The fourth-order valence-corrected chi connectivity index (χ4v) is 0.491. The lowest BCUT2D eigenvalue weighted by Gasteiger charge is -2.13. The average molecular weight is 137 g/mol. The Morgan fingerprint density at radius 3 is 2.00 bits per heavy atom. The Balaban J connectivity index is 3.17. The maximum absolute atomic E-state index is 5.32. The van der Waals surface area contributed by atoms with Gasteiger partial charge in [0.15, 0.2) is 0 Å². The molecule has 50 valence electrons. The van der Waals surface area contributed by atoms with E-state index in [1.165, 1.54) is 0 Å². The minimum absolute atomic E-state index is 0.285. The maximum atomic E-state index is 5.32. The highest BCUT2D eigenvalue weighted by atomic mass is 35.5. The summed E-state index contributed by atoms with van der Waals surface area (Å²) in [6, 6.07) is 0.305. The standard InChI is InChI=1S/C6H13ClO/c1-5(2)6(3)8-4-7/h5-6H,4H2,1-3H3. The van der Waals surface area contributed by atoms with Crippen LogP contribution in [0.25, 0.3) is 0 Å². The molecule has 0 amide bonds. The fraction of sp³-hybridized carbons (Fsp3) is 1.00. The van der Waals surface area contributed by atoms with E-state index in [-0.39, 0.29) is 6.10 Å². The summed E-state index contributed by atoms with van der Waals surface area (Å²) in [6.45, 7) is 6.24. The van der Waals surface area contributed by atoms with Gasteiger partial charge in [-0.3, -0.25) is 0 Å². The van der Waals surface area contributed by atoms with Crippen molar-refractivity contribution >= 4 is 11.6 Å². The molecule has 0 N–H and O–H groups in total. The van der Waals surface area contributed by atoms with Gasteiger partial charge in [0, 0.05) is 0 Å². The van der Waals surface area contributed by atoms with Crippen LogP contribution in [-0.2, 0) is 4.74 Å². The third-order valence-corrected chi connectivity index (χ3v) is 1.39. The summed E-state index contributed by atoms with van der Waals surface area (Å²) in [7, 11) is 0. The highest BCUT2D eigenvalue weighted by Gasteiger charge is 2.04. The first-order chi connectivity index (χ1) is 3.68. The van der Waals surface area contributed by atoms with Crippen LogP contribution in [0.4, 0.5) is 0 Å². The molecule has 0 bridgehead atoms. The number of hydrogen-bond acceptors (Lipinski definition) is 1. The van der Waals surface area contributed by atoms with Gasteiger partial charge in [-0.05, 0) is 12.8 Å². The van der Waals surface area contributed by atoms with Gasteiger partial charge in [-0.2, -0.15) is 0 Å². The molecule has 0 aromatic heterocycles. The van der Waals surface area contributed by atoms with E-state index in [0.717, 1.165) is 0 Å². The molecule has 0 aliphatic heterocycles. The van der Waals surface area contributed by atoms with Crippen molar-refractivity contribution in [1.29, 1.82) is 0 Å². The normalized spacial score (nSPS) is 14.6. The maximum Gasteiger partial charge on any atom is 0.121 e. The predicted octanol–water partition coefficient (Wildman–Crippen LogP) is 2.24. The van der Waals surface area contributed by atoms with Crippen molar-refractivity contribution in [1.82, 2.24) is 0 Å². The molecule has 0 saturated heterocycles. The Kier molecular flexibility index (Phi) is 4.29. The number of rotatable bonds is 3. The van der Waals surface area contributed by atoms with E-state index >= 15 is 0 Å². The van der Waals surface area contributed by atoms with Crippen LogP contribution in [0.2, 0.25) is 0 Å². The van der Waals surface area contributed by atoms with Crippen molar-refractivity contribution in [3.8, 4) is 0 Å². The second-order valence-corrected chi connectivity index (χ2v) is 2.44. The molecule has 0 spiro atoms. The highest BCUT2D eigenvalue weighted by molar-refractivity contribution is 6.17. The van der Waals surface area contributed by atoms with Gasteiger partial charge in [0.05, 0.1) is 6.10 Å². The molecule has 0 aromatic rings. The van der Waals surface area contributed by atoms with Gasteiger partial charge < -0.3 is 4.74 Å². The number of hydrogen-bond donors (Lipinski definition) is 0. The largest absolute Gasteiger partial charge is 0.363 e. The molecule has 2 heteroatoms. The Morgan fingerprint density at radius 2 is 1.88 bits per heavy atom. The van der Waals surface area contributed by atoms with Crippen molar-refractivity contribution in [2.45, 2.75) is 26.9 Å². The fourth-order valence-electron chi connectivity index (χ4n) is 0.292. The zero-order valence-corrected chi connectivity index (χ0v) is 6.40. The van der Waals surface area contributed by atoms with Crippen LogP contribution in [0.1, 0.15) is 20.8 Å². The molecule has 0 saturated carbocycles. The Bertz CT molecular complexity index is 54.5. The molecule has 0 aromatic carbocycles. The van der Waals surface area contributed by atoms with Crippen LogP contribution in [0, 0.1) is 5.92 Å². The van der Waals surface area contributed by atoms with Gasteiger partial charge in [0.2, 0.25) is 0 Å². The van der Waals surface area contributed by atoms with Crippen LogP contribution in [-0.4, -0.2) is 12.2 Å². The SMILES string of the molecule is CC(C)C(C)OCCl. The van der Waals surface area contributed by atoms with Gasteiger partial charge in [0.25, 0.3) is 0 Å². The molecule has 0 heterocycles. The van der Waals surface area contributed by atoms with Crippen molar-refractivity contribution in [2.75, 3.05) is 6.07 Å². The first-order valence-electron chi connectivity index (χ1n) is 2.86. The first kappa shape index (κ1) is 8.25. The molecule has 0 aliphatic rings. The zero-order chi connectivity index (χ0) is 6.57. The van der Waals surface area contributed by atoms with Crippen LogP contribution < -0.4 is 0 Å². The summed E-state index contributed by atoms with van der Waals surface area (Å²) >= 11 is 5.32. The third kappa shape index (κ3) is 3.28. The van der Waals surface area contributed by atoms with E-state index in [1.54, 1.807) is 0 Å². The van der Waals surface area contributed by atoms with Crippen LogP contribution in [0.15, 0.2) is 0 Å². The molecule has 1 atom stereocenters. The molecule has 8 heavy (non-hydrogen) atoms. The van der Waals surface area contributed by atoms with E-state index in [9.17, 15) is 0 Å². The quantitative estimate of drug-likeness (QED) is 0.541. The van der Waals surface area contributed by atoms with E-state index in [1.807, 2.05) is 6.92 Å². The lowest BCUT2D eigenvalue weighted by molar-refractivity contribution is 0.0665. The van der Waals surface area contributed by atoms with Crippen LogP contribution in [0.3, 0.4) is 0 Å². The molecule has 0 rings (SSSR count). The third-order valence-electron chi connectivity index (χ3n) is 1.26. The second kappa shape index (κ2) is 4.16. The van der Waals surface area contributed by atoms with Crippen LogP contribution >= 0.6 is 11.6 Å². The average Bonchev–Trinajstić information content (AvgIpc) is 1.67. The zero-order valence-electron chi connectivity index (χ0n) is 5.65. The number of ether oxygens (including phenoxy) is 1. The second-order valence-electron chi connectivity index (χ2n) is 2.22. The van der Waals surface area contributed by atoms with Gasteiger partial charge in [0.1, 0.15) is 6.07 Å². The summed E-state index contributed by atoms with van der Waals surface area (Å²) < 4.78 is 5.07. The summed E-state index contributed by atoms with van der Waals surface area (Å²) in [5.41, 5.74) is 0. The van der Waals surface area contributed by atoms with Gasteiger partial charge in [-0.25, -0.2) is 0 Å². The topological polar surface area (TPSA) is 9.23 Å². The predicted molar refractivity (Wildman–Crippen MR) is 36.1 cm³/mol. The van der Waals surface area contributed by atoms with Crippen molar-refractivity contribution < 1.29 is 4.74 Å². The number of halogens is 1. The molecule has 1 nitrogen and oxygen atoms in total. The first-order valence-corrected chi connectivity index (χ1v) is 3.39. The molecule has 0 radical (unpaired) electrons. The molecule has 1 unspecified atom stereocenters. The van der Waals surface area contributed by atoms with E-state index in [0.29, 0.717) is 12.0 Å². The summed E-state index contributed by atoms with van der Waals surface area (Å²) in [5, 5.41) is 0. The molecule has 0 fully saturated rings. The monoisotopic (exact) mass is 136 g/mol. The van der Waals surface area contributed by atoms with Crippen molar-refractivity contribution in [3.05, 3.63) is 0 Å². The van der Waals surface area contributed by atoms with E-state index < -0.39 is 0 Å². The van der Waals surface area contributed by atoms with Crippen molar-refractivity contribution in [3.63, 3.8) is 0 Å². The van der Waals surface area contributed by atoms with Gasteiger partial charge in [-0.15, -0.1) is 0 Å². The lowest BCUT2D eigenvalue weighted by atomic mass is 10.1. The Morgan fingerprint density at radius 1 is 1.38 bits per heavy atom. The number of alkyl halides is 1. The van der Waals surface area contributed by atoms with Crippen molar-refractivity contribution in [2.24, 2.45) is 5.92 Å². The minimum atomic E-state index is 0.285. The summed E-state index contributed by atoms with van der Waals surface area (Å²) in [4.78, 5) is 0. The van der Waals surface area contributed by atoms with Gasteiger partial charge >= 0.3 is 0 Å². The molecule has 0 aliphatic carbocycles.